The number of carbonyl (C=O) groups is 3. The summed E-state index contributed by atoms with van der Waals surface area (Å²) in [4.78, 5) is 44.3. The van der Waals surface area contributed by atoms with Crippen molar-refractivity contribution >= 4 is 28.7 Å². The highest BCUT2D eigenvalue weighted by Gasteiger charge is 2.33. The monoisotopic (exact) mass is 469 g/mol. The fourth-order valence-corrected chi connectivity index (χ4v) is 3.96. The minimum Gasteiger partial charge on any atom is -0.458 e. The van der Waals surface area contributed by atoms with E-state index in [2.05, 4.69) is 10.3 Å². The maximum atomic E-state index is 13.3. The first-order valence-electron chi connectivity index (χ1n) is 11.8. The predicted octanol–water partition coefficient (Wildman–Crippen LogP) is 3.34. The van der Waals surface area contributed by atoms with Gasteiger partial charge in [0.1, 0.15) is 23.9 Å². The fraction of sp³-hybridized carbons (Fsp3) is 0.538. The first kappa shape index (κ1) is 25.6. The SMILES string of the molecule is CC(C)C[C@H](NC(=O)c1ccc2ccccc2n1)C(=O)N1CCC(OCC(=O)OC(C)(C)C)C1. The number of hydrogen-bond donors (Lipinski definition) is 1. The lowest BCUT2D eigenvalue weighted by Crippen LogP contribution is -2.49. The number of nitrogens with one attached hydrogen (secondary N) is 1. The molecule has 1 fully saturated rings. The summed E-state index contributed by atoms with van der Waals surface area (Å²) < 4.78 is 10.9. The summed E-state index contributed by atoms with van der Waals surface area (Å²) in [7, 11) is 0. The van der Waals surface area contributed by atoms with Crippen LogP contribution < -0.4 is 5.32 Å². The van der Waals surface area contributed by atoms with Gasteiger partial charge < -0.3 is 19.7 Å². The van der Waals surface area contributed by atoms with E-state index in [1.54, 1.807) is 31.7 Å². The molecule has 1 N–H and O–H groups in total. The molecule has 2 aromatic rings. The van der Waals surface area contributed by atoms with Gasteiger partial charge in [-0.05, 0) is 51.7 Å². The summed E-state index contributed by atoms with van der Waals surface area (Å²) in [5.41, 5.74) is 0.437. The van der Waals surface area contributed by atoms with Crippen LogP contribution in [0, 0.1) is 5.92 Å². The third-order valence-electron chi connectivity index (χ3n) is 5.46. The van der Waals surface area contributed by atoms with Crippen molar-refractivity contribution in [1.29, 1.82) is 0 Å². The van der Waals surface area contributed by atoms with Crippen molar-refractivity contribution in [2.24, 2.45) is 5.92 Å². The number of para-hydroxylation sites is 1. The van der Waals surface area contributed by atoms with Crippen LogP contribution in [-0.2, 0) is 19.1 Å². The van der Waals surface area contributed by atoms with Gasteiger partial charge in [-0.25, -0.2) is 9.78 Å². The molecule has 1 saturated heterocycles. The molecule has 8 heteroatoms. The van der Waals surface area contributed by atoms with Gasteiger partial charge in [-0.15, -0.1) is 0 Å². The normalized spacial score (nSPS) is 17.1. The molecule has 1 aromatic heterocycles. The molecular formula is C26H35N3O5. The molecule has 0 spiro atoms. The van der Waals surface area contributed by atoms with Crippen LogP contribution in [0.2, 0.25) is 0 Å². The number of likely N-dealkylation sites (tertiary alicyclic amines) is 1. The Morgan fingerprint density at radius 1 is 1.15 bits per heavy atom. The topological polar surface area (TPSA) is 97.8 Å². The Balaban J connectivity index is 1.60. The number of hydrogen-bond acceptors (Lipinski definition) is 6. The number of benzene rings is 1. The Labute approximate surface area is 201 Å². The van der Waals surface area contributed by atoms with E-state index in [0.717, 1.165) is 10.9 Å². The van der Waals surface area contributed by atoms with Gasteiger partial charge in [-0.1, -0.05) is 38.1 Å². The van der Waals surface area contributed by atoms with Crippen LogP contribution in [0.4, 0.5) is 0 Å². The highest BCUT2D eigenvalue weighted by molar-refractivity contribution is 5.97. The van der Waals surface area contributed by atoms with Crippen molar-refractivity contribution in [2.45, 2.75) is 65.2 Å². The number of ether oxygens (including phenoxy) is 2. The van der Waals surface area contributed by atoms with Crippen molar-refractivity contribution in [3.63, 3.8) is 0 Å². The zero-order valence-corrected chi connectivity index (χ0v) is 20.7. The number of rotatable bonds is 8. The van der Waals surface area contributed by atoms with Gasteiger partial charge in [0.05, 0.1) is 11.6 Å². The molecule has 8 nitrogen and oxygen atoms in total. The number of esters is 1. The van der Waals surface area contributed by atoms with Crippen LogP contribution in [-0.4, -0.2) is 65.1 Å². The van der Waals surface area contributed by atoms with Gasteiger partial charge in [-0.2, -0.15) is 0 Å². The van der Waals surface area contributed by atoms with Crippen molar-refractivity contribution in [2.75, 3.05) is 19.7 Å². The molecule has 2 amide bonds. The minimum atomic E-state index is -0.662. The van der Waals surface area contributed by atoms with Crippen molar-refractivity contribution in [3.8, 4) is 0 Å². The van der Waals surface area contributed by atoms with Crippen molar-refractivity contribution in [3.05, 3.63) is 42.1 Å². The van der Waals surface area contributed by atoms with Crippen molar-refractivity contribution in [1.82, 2.24) is 15.2 Å². The molecule has 0 radical (unpaired) electrons. The number of fused-ring (bicyclic) bond motifs is 1. The second kappa shape index (κ2) is 11.0. The fourth-order valence-electron chi connectivity index (χ4n) is 3.96. The zero-order valence-electron chi connectivity index (χ0n) is 20.7. The highest BCUT2D eigenvalue weighted by atomic mass is 16.6. The molecule has 0 saturated carbocycles. The molecule has 1 aliphatic rings. The smallest absolute Gasteiger partial charge is 0.332 e. The lowest BCUT2D eigenvalue weighted by molar-refractivity contribution is -0.162. The van der Waals surface area contributed by atoms with Gasteiger partial charge >= 0.3 is 5.97 Å². The first-order valence-corrected chi connectivity index (χ1v) is 11.8. The Morgan fingerprint density at radius 2 is 1.88 bits per heavy atom. The number of aromatic nitrogens is 1. The maximum Gasteiger partial charge on any atom is 0.332 e. The molecule has 184 valence electrons. The quantitative estimate of drug-likeness (QED) is 0.596. The van der Waals surface area contributed by atoms with Gasteiger partial charge in [0.2, 0.25) is 5.91 Å². The summed E-state index contributed by atoms with van der Waals surface area (Å²) in [6.07, 6.45) is 0.898. The molecule has 0 aliphatic carbocycles. The second-order valence-corrected chi connectivity index (χ2v) is 10.1. The summed E-state index contributed by atoms with van der Waals surface area (Å²) in [6, 6.07) is 10.4. The van der Waals surface area contributed by atoms with Crippen LogP contribution in [0.5, 0.6) is 0 Å². The van der Waals surface area contributed by atoms with E-state index in [1.165, 1.54) is 0 Å². The summed E-state index contributed by atoms with van der Waals surface area (Å²) >= 11 is 0. The van der Waals surface area contributed by atoms with E-state index >= 15 is 0 Å². The predicted molar refractivity (Wildman–Crippen MR) is 129 cm³/mol. The lowest BCUT2D eigenvalue weighted by Gasteiger charge is -2.25. The third kappa shape index (κ3) is 7.25. The standard InChI is InChI=1S/C26H35N3O5/c1-17(2)14-22(28-24(31)21-11-10-18-8-6-7-9-20(18)27-21)25(32)29-13-12-19(15-29)33-16-23(30)34-26(3,4)5/h6-11,17,19,22H,12-16H2,1-5H3,(H,28,31)/t19?,22-/m0/s1. The van der Waals surface area contributed by atoms with Crippen LogP contribution in [0.25, 0.3) is 10.9 Å². The summed E-state index contributed by atoms with van der Waals surface area (Å²) in [5.74, 6) is -0.737. The molecule has 3 rings (SSSR count). The molecule has 1 aliphatic heterocycles. The maximum absolute atomic E-state index is 13.3. The molecule has 0 bridgehead atoms. The Kier molecular flexibility index (Phi) is 8.25. The van der Waals surface area contributed by atoms with Crippen LogP contribution in [0.15, 0.2) is 36.4 Å². The Bertz CT molecular complexity index is 1030. The minimum absolute atomic E-state index is 0.147. The average molecular weight is 470 g/mol. The van der Waals surface area contributed by atoms with Gasteiger partial charge in [0.25, 0.3) is 5.91 Å². The number of amides is 2. The van der Waals surface area contributed by atoms with E-state index in [-0.39, 0.29) is 36.1 Å². The first-order chi connectivity index (χ1) is 16.0. The van der Waals surface area contributed by atoms with E-state index < -0.39 is 17.6 Å². The lowest BCUT2D eigenvalue weighted by atomic mass is 10.0. The van der Waals surface area contributed by atoms with E-state index in [1.807, 2.05) is 44.2 Å². The summed E-state index contributed by atoms with van der Waals surface area (Å²) in [5, 5.41) is 3.84. The van der Waals surface area contributed by atoms with Crippen LogP contribution in [0.1, 0.15) is 57.9 Å². The molecule has 34 heavy (non-hydrogen) atoms. The molecule has 1 aromatic carbocycles. The Hall–Kier alpha value is -3.00. The van der Waals surface area contributed by atoms with Crippen LogP contribution >= 0.6 is 0 Å². The van der Waals surface area contributed by atoms with E-state index in [9.17, 15) is 14.4 Å². The largest absolute Gasteiger partial charge is 0.458 e. The van der Waals surface area contributed by atoms with Crippen molar-refractivity contribution < 1.29 is 23.9 Å². The summed E-state index contributed by atoms with van der Waals surface area (Å²) in [6.45, 7) is 10.2. The number of carbonyl (C=O) groups excluding carboxylic acids is 3. The molecule has 2 heterocycles. The number of nitrogens with zero attached hydrogens (tertiary/aromatic N) is 2. The zero-order chi connectivity index (χ0) is 24.9. The van der Waals surface area contributed by atoms with Gasteiger partial charge in [-0.3, -0.25) is 9.59 Å². The average Bonchev–Trinajstić information content (AvgIpc) is 3.24. The Morgan fingerprint density at radius 3 is 2.59 bits per heavy atom. The van der Waals surface area contributed by atoms with Crippen LogP contribution in [0.3, 0.4) is 0 Å². The molecule has 2 atom stereocenters. The highest BCUT2D eigenvalue weighted by Crippen LogP contribution is 2.18. The molecule has 1 unspecified atom stereocenters. The third-order valence-corrected chi connectivity index (χ3v) is 5.46. The van der Waals surface area contributed by atoms with E-state index in [0.29, 0.717) is 25.9 Å². The van der Waals surface area contributed by atoms with Gasteiger partial charge in [0, 0.05) is 18.5 Å². The number of pyridine rings is 1. The molecular weight excluding hydrogens is 434 g/mol. The second-order valence-electron chi connectivity index (χ2n) is 10.1. The van der Waals surface area contributed by atoms with Gasteiger partial charge in [0.15, 0.2) is 0 Å². The van der Waals surface area contributed by atoms with E-state index in [4.69, 9.17) is 9.47 Å².